The summed E-state index contributed by atoms with van der Waals surface area (Å²) in [4.78, 5) is 0. The monoisotopic (exact) mass is 258 g/mol. The fraction of sp³-hybridized carbons (Fsp3) is 0.500. The Morgan fingerprint density at radius 1 is 1.18 bits per heavy atom. The van der Waals surface area contributed by atoms with E-state index in [9.17, 15) is 4.57 Å². The van der Waals surface area contributed by atoms with Crippen LogP contribution in [0.2, 0.25) is 0 Å². The predicted molar refractivity (Wildman–Crippen MR) is 68.1 cm³/mol. The molecule has 0 amide bonds. The molecule has 0 aliphatic rings. The zero-order valence-corrected chi connectivity index (χ0v) is 11.4. The second-order valence-electron chi connectivity index (χ2n) is 3.53. The molecule has 5 heteroatoms. The lowest BCUT2D eigenvalue weighted by Crippen LogP contribution is -2.13. The maximum absolute atomic E-state index is 12.3. The van der Waals surface area contributed by atoms with Crippen molar-refractivity contribution in [1.82, 2.24) is 0 Å². The Morgan fingerprint density at radius 2 is 1.82 bits per heavy atom. The molecule has 0 unspecified atom stereocenters. The van der Waals surface area contributed by atoms with Crippen LogP contribution in [0.4, 0.5) is 0 Å². The molecular formula is C12H19O4P. The van der Waals surface area contributed by atoms with Gasteiger partial charge in [0.05, 0.1) is 6.61 Å². The Bertz CT molecular complexity index is 384. The van der Waals surface area contributed by atoms with Crippen LogP contribution >= 0.6 is 7.60 Å². The molecule has 0 heterocycles. The van der Waals surface area contributed by atoms with Crippen molar-refractivity contribution in [3.63, 3.8) is 0 Å². The fourth-order valence-electron chi connectivity index (χ4n) is 1.40. The molecule has 0 radical (unpaired) electrons. The van der Waals surface area contributed by atoms with Crippen LogP contribution in [0.3, 0.4) is 0 Å². The second-order valence-corrected chi connectivity index (χ2v) is 5.74. The third-order valence-corrected chi connectivity index (χ3v) is 4.32. The Labute approximate surface area is 102 Å². The van der Waals surface area contributed by atoms with Gasteiger partial charge in [-0.05, 0) is 18.6 Å². The van der Waals surface area contributed by atoms with Crippen LogP contribution in [0.5, 0.6) is 5.75 Å². The van der Waals surface area contributed by atoms with E-state index in [0.717, 1.165) is 12.8 Å². The molecule has 0 fully saturated rings. The van der Waals surface area contributed by atoms with Crippen molar-refractivity contribution in [2.45, 2.75) is 19.8 Å². The molecule has 0 bridgehead atoms. The van der Waals surface area contributed by atoms with Crippen molar-refractivity contribution in [1.29, 1.82) is 0 Å². The minimum atomic E-state index is -3.24. The van der Waals surface area contributed by atoms with Gasteiger partial charge in [-0.15, -0.1) is 0 Å². The molecule has 17 heavy (non-hydrogen) atoms. The number of para-hydroxylation sites is 1. The maximum atomic E-state index is 12.3. The summed E-state index contributed by atoms with van der Waals surface area (Å²) in [5.74, 6) is 0.563. The first kappa shape index (κ1) is 14.2. The predicted octanol–water partition coefficient (Wildman–Crippen LogP) is 2.98. The highest BCUT2D eigenvalue weighted by atomic mass is 31.2. The van der Waals surface area contributed by atoms with Gasteiger partial charge in [0.15, 0.2) is 0 Å². The Hall–Kier alpha value is -0.830. The average Bonchev–Trinajstić information content (AvgIpc) is 2.39. The van der Waals surface area contributed by atoms with E-state index in [4.69, 9.17) is 13.8 Å². The van der Waals surface area contributed by atoms with E-state index in [1.165, 1.54) is 14.2 Å². The lowest BCUT2D eigenvalue weighted by Gasteiger charge is -2.17. The van der Waals surface area contributed by atoms with E-state index >= 15 is 0 Å². The minimum Gasteiger partial charge on any atom is -0.493 e. The van der Waals surface area contributed by atoms with E-state index in [2.05, 4.69) is 6.92 Å². The number of ether oxygens (including phenoxy) is 1. The highest BCUT2D eigenvalue weighted by Gasteiger charge is 2.28. The van der Waals surface area contributed by atoms with Crippen LogP contribution in [0.15, 0.2) is 24.3 Å². The molecule has 0 aliphatic carbocycles. The number of benzene rings is 1. The second kappa shape index (κ2) is 6.80. The van der Waals surface area contributed by atoms with E-state index in [1.54, 1.807) is 18.2 Å². The van der Waals surface area contributed by atoms with E-state index in [1.807, 2.05) is 6.07 Å². The van der Waals surface area contributed by atoms with Gasteiger partial charge >= 0.3 is 7.60 Å². The topological polar surface area (TPSA) is 44.8 Å². The Kier molecular flexibility index (Phi) is 5.69. The lowest BCUT2D eigenvalue weighted by molar-refractivity contribution is 0.282. The molecule has 0 saturated carbocycles. The quantitative estimate of drug-likeness (QED) is 0.557. The largest absolute Gasteiger partial charge is 0.493 e. The van der Waals surface area contributed by atoms with Crippen molar-refractivity contribution >= 4 is 12.9 Å². The van der Waals surface area contributed by atoms with E-state index < -0.39 is 7.60 Å². The summed E-state index contributed by atoms with van der Waals surface area (Å²) in [6.07, 6.45) is 2.01. The molecule has 0 aliphatic heterocycles. The Balaban J connectivity index is 2.95. The van der Waals surface area contributed by atoms with Gasteiger partial charge in [0.25, 0.3) is 0 Å². The van der Waals surface area contributed by atoms with E-state index in [0.29, 0.717) is 17.7 Å². The molecule has 0 N–H and O–H groups in total. The summed E-state index contributed by atoms with van der Waals surface area (Å²) in [5, 5.41) is 0.473. The highest BCUT2D eigenvalue weighted by Crippen LogP contribution is 2.47. The molecule has 0 aromatic heterocycles. The molecule has 0 spiro atoms. The number of hydrogen-bond donors (Lipinski definition) is 0. The Morgan fingerprint density at radius 3 is 2.41 bits per heavy atom. The first-order chi connectivity index (χ1) is 8.18. The van der Waals surface area contributed by atoms with Gasteiger partial charge in [-0.2, -0.15) is 0 Å². The summed E-state index contributed by atoms with van der Waals surface area (Å²) in [7, 11) is -0.508. The smallest absolute Gasteiger partial charge is 0.364 e. The molecule has 4 nitrogen and oxygen atoms in total. The van der Waals surface area contributed by atoms with Gasteiger partial charge in [0.2, 0.25) is 0 Å². The van der Waals surface area contributed by atoms with Crippen molar-refractivity contribution in [3.8, 4) is 5.75 Å². The van der Waals surface area contributed by atoms with Gasteiger partial charge in [-0.3, -0.25) is 4.57 Å². The summed E-state index contributed by atoms with van der Waals surface area (Å²) in [6, 6.07) is 7.10. The van der Waals surface area contributed by atoms with Gasteiger partial charge in [-0.25, -0.2) is 0 Å². The van der Waals surface area contributed by atoms with E-state index in [-0.39, 0.29) is 0 Å². The van der Waals surface area contributed by atoms with Crippen LogP contribution < -0.4 is 10.0 Å². The molecule has 1 aromatic carbocycles. The van der Waals surface area contributed by atoms with Gasteiger partial charge in [0.1, 0.15) is 11.1 Å². The summed E-state index contributed by atoms with van der Waals surface area (Å²) in [6.45, 7) is 2.69. The number of unbranched alkanes of at least 4 members (excludes halogenated alkanes) is 1. The highest BCUT2D eigenvalue weighted by molar-refractivity contribution is 7.62. The van der Waals surface area contributed by atoms with Crippen LogP contribution in [-0.2, 0) is 13.6 Å². The molecule has 96 valence electrons. The number of hydrogen-bond acceptors (Lipinski definition) is 4. The molecule has 1 rings (SSSR count). The first-order valence-corrected chi connectivity index (χ1v) is 7.16. The standard InChI is InChI=1S/C12H19O4P/c1-4-5-10-16-11-8-6-7-9-12(11)17(13,14-2)15-3/h6-9H,4-5,10H2,1-3H3. The van der Waals surface area contributed by atoms with Crippen LogP contribution in [-0.4, -0.2) is 20.8 Å². The summed E-state index contributed by atoms with van der Waals surface area (Å²) >= 11 is 0. The summed E-state index contributed by atoms with van der Waals surface area (Å²) in [5.41, 5.74) is 0. The number of rotatable bonds is 7. The molecule has 0 saturated heterocycles. The SMILES string of the molecule is CCCCOc1ccccc1P(=O)(OC)OC. The van der Waals surface area contributed by atoms with Crippen LogP contribution in [0.1, 0.15) is 19.8 Å². The maximum Gasteiger partial charge on any atom is 0.364 e. The zero-order chi connectivity index (χ0) is 12.7. The zero-order valence-electron chi connectivity index (χ0n) is 10.5. The van der Waals surface area contributed by atoms with Crippen LogP contribution in [0, 0.1) is 0 Å². The van der Waals surface area contributed by atoms with Crippen molar-refractivity contribution in [2.24, 2.45) is 0 Å². The third kappa shape index (κ3) is 3.56. The minimum absolute atomic E-state index is 0.473. The molecular weight excluding hydrogens is 239 g/mol. The summed E-state index contributed by atoms with van der Waals surface area (Å²) < 4.78 is 27.8. The van der Waals surface area contributed by atoms with Gasteiger partial charge in [0, 0.05) is 14.2 Å². The molecule has 1 aromatic rings. The van der Waals surface area contributed by atoms with Crippen molar-refractivity contribution in [3.05, 3.63) is 24.3 Å². The molecule has 0 atom stereocenters. The van der Waals surface area contributed by atoms with Gasteiger partial charge in [-0.1, -0.05) is 25.5 Å². The van der Waals surface area contributed by atoms with Crippen molar-refractivity contribution in [2.75, 3.05) is 20.8 Å². The fourth-order valence-corrected chi connectivity index (χ4v) is 2.62. The average molecular weight is 258 g/mol. The lowest BCUT2D eigenvalue weighted by atomic mass is 10.3. The third-order valence-electron chi connectivity index (χ3n) is 2.40. The van der Waals surface area contributed by atoms with Crippen molar-refractivity contribution < 1.29 is 18.3 Å². The first-order valence-electron chi connectivity index (χ1n) is 5.62. The van der Waals surface area contributed by atoms with Crippen LogP contribution in [0.25, 0.3) is 0 Å². The normalized spacial score (nSPS) is 11.5. The van der Waals surface area contributed by atoms with Gasteiger partial charge < -0.3 is 13.8 Å².